The van der Waals surface area contributed by atoms with Gasteiger partial charge in [0.1, 0.15) is 11.4 Å². The van der Waals surface area contributed by atoms with E-state index in [9.17, 15) is 23.4 Å². The first kappa shape index (κ1) is 18.9. The summed E-state index contributed by atoms with van der Waals surface area (Å²) >= 11 is 0. The van der Waals surface area contributed by atoms with Crippen molar-refractivity contribution in [3.8, 4) is 17.0 Å². The van der Waals surface area contributed by atoms with E-state index in [1.54, 1.807) is 24.3 Å². The first-order chi connectivity index (χ1) is 12.8. The third kappa shape index (κ3) is 3.93. The van der Waals surface area contributed by atoms with Crippen molar-refractivity contribution in [3.63, 3.8) is 0 Å². The Labute approximate surface area is 151 Å². The van der Waals surface area contributed by atoms with Crippen molar-refractivity contribution < 1.29 is 28.5 Å². The molecule has 2 aromatic carbocycles. The van der Waals surface area contributed by atoms with Crippen LogP contribution in [0.5, 0.6) is 5.75 Å². The molecule has 0 fully saturated rings. The molecule has 0 spiro atoms. The highest BCUT2D eigenvalue weighted by Crippen LogP contribution is 2.38. The molecule has 4 N–H and O–H groups in total. The maximum absolute atomic E-state index is 12.8. The zero-order chi connectivity index (χ0) is 19.6. The lowest BCUT2D eigenvalue weighted by Gasteiger charge is -2.14. The second-order valence-electron chi connectivity index (χ2n) is 5.89. The molecule has 1 aromatic heterocycles. The van der Waals surface area contributed by atoms with Crippen LogP contribution in [0.1, 0.15) is 5.56 Å². The number of hydrogen-bond donors (Lipinski definition) is 4. The van der Waals surface area contributed by atoms with Crippen molar-refractivity contribution in [2.24, 2.45) is 0 Å². The molecule has 1 heterocycles. The molecule has 0 aliphatic heterocycles. The van der Waals surface area contributed by atoms with Crippen LogP contribution in [0, 0.1) is 0 Å². The van der Waals surface area contributed by atoms with Gasteiger partial charge in [0.25, 0.3) is 0 Å². The molecule has 0 radical (unpaired) electrons. The number of phenols is 1. The van der Waals surface area contributed by atoms with Crippen molar-refractivity contribution >= 4 is 16.6 Å². The Bertz CT molecular complexity index is 963. The second kappa shape index (κ2) is 7.37. The van der Waals surface area contributed by atoms with Crippen LogP contribution in [0.25, 0.3) is 22.0 Å². The average Bonchev–Trinajstić information content (AvgIpc) is 2.65. The van der Waals surface area contributed by atoms with Crippen LogP contribution in [-0.2, 0) is 6.18 Å². The van der Waals surface area contributed by atoms with Gasteiger partial charge in [-0.1, -0.05) is 24.3 Å². The summed E-state index contributed by atoms with van der Waals surface area (Å²) in [6, 6.07) is 9.56. The van der Waals surface area contributed by atoms with Crippen molar-refractivity contribution in [2.75, 3.05) is 18.5 Å². The lowest BCUT2D eigenvalue weighted by molar-refractivity contribution is -0.137. The van der Waals surface area contributed by atoms with E-state index in [1.165, 1.54) is 0 Å². The lowest BCUT2D eigenvalue weighted by Crippen LogP contribution is -2.23. The number of phenolic OH excluding ortho intramolecular Hbond substituents is 1. The quantitative estimate of drug-likeness (QED) is 0.544. The normalized spacial score (nSPS) is 12.9. The van der Waals surface area contributed by atoms with Gasteiger partial charge in [0.05, 0.1) is 18.3 Å². The molecular weight excluding hydrogens is 363 g/mol. The minimum absolute atomic E-state index is 0.0417. The number of aromatic hydroxyl groups is 1. The van der Waals surface area contributed by atoms with Gasteiger partial charge < -0.3 is 20.6 Å². The topological polar surface area (TPSA) is 98.5 Å². The number of aliphatic hydroxyl groups is 2. The fourth-order valence-electron chi connectivity index (χ4n) is 2.62. The third-order valence-corrected chi connectivity index (χ3v) is 3.98. The summed E-state index contributed by atoms with van der Waals surface area (Å²) in [5, 5.41) is 40.5. The zero-order valence-electron chi connectivity index (χ0n) is 13.9. The molecular formula is C18H16F3N3O3. The monoisotopic (exact) mass is 379 g/mol. The highest BCUT2D eigenvalue weighted by Gasteiger charge is 2.31. The number of fused-ring (bicyclic) bond motifs is 1. The fraction of sp³-hybridized carbons (Fsp3) is 0.222. The maximum Gasteiger partial charge on any atom is 0.416 e. The van der Waals surface area contributed by atoms with Crippen LogP contribution >= 0.6 is 0 Å². The second-order valence-corrected chi connectivity index (χ2v) is 5.89. The van der Waals surface area contributed by atoms with Crippen LogP contribution in [0.3, 0.4) is 0 Å². The molecule has 27 heavy (non-hydrogen) atoms. The molecule has 142 valence electrons. The van der Waals surface area contributed by atoms with E-state index in [-0.39, 0.29) is 17.8 Å². The molecule has 1 atom stereocenters. The molecule has 0 bridgehead atoms. The van der Waals surface area contributed by atoms with E-state index in [0.717, 1.165) is 12.1 Å². The number of nitrogens with one attached hydrogen (secondary N) is 1. The van der Waals surface area contributed by atoms with Gasteiger partial charge in [0.15, 0.2) is 5.82 Å². The predicted molar refractivity (Wildman–Crippen MR) is 93.2 cm³/mol. The van der Waals surface area contributed by atoms with Crippen LogP contribution in [0.15, 0.2) is 42.5 Å². The molecule has 0 aliphatic carbocycles. The van der Waals surface area contributed by atoms with E-state index in [1.807, 2.05) is 0 Å². The van der Waals surface area contributed by atoms with Crippen molar-refractivity contribution in [3.05, 3.63) is 48.0 Å². The first-order valence-corrected chi connectivity index (χ1v) is 8.00. The Morgan fingerprint density at radius 1 is 1.04 bits per heavy atom. The molecule has 3 aromatic rings. The Morgan fingerprint density at radius 2 is 1.74 bits per heavy atom. The highest BCUT2D eigenvalue weighted by molar-refractivity contribution is 6.00. The van der Waals surface area contributed by atoms with Gasteiger partial charge in [-0.05, 0) is 18.2 Å². The van der Waals surface area contributed by atoms with Gasteiger partial charge in [-0.25, -0.2) is 0 Å². The maximum atomic E-state index is 12.8. The predicted octanol–water partition coefficient (Wildman–Crippen LogP) is 2.79. The Morgan fingerprint density at radius 3 is 2.37 bits per heavy atom. The van der Waals surface area contributed by atoms with Crippen LogP contribution in [0.2, 0.25) is 0 Å². The van der Waals surface area contributed by atoms with E-state index in [2.05, 4.69) is 15.5 Å². The van der Waals surface area contributed by atoms with Gasteiger partial charge in [-0.15, -0.1) is 10.2 Å². The molecule has 3 rings (SSSR count). The number of hydrogen-bond acceptors (Lipinski definition) is 6. The number of nitrogens with zero attached hydrogens (tertiary/aromatic N) is 2. The average molecular weight is 379 g/mol. The van der Waals surface area contributed by atoms with Gasteiger partial charge in [-0.2, -0.15) is 13.2 Å². The summed E-state index contributed by atoms with van der Waals surface area (Å²) < 4.78 is 38.4. The number of anilines is 1. The number of alkyl halides is 3. The Hall–Kier alpha value is -2.91. The lowest BCUT2D eigenvalue weighted by atomic mass is 10.0. The minimum atomic E-state index is -4.56. The highest BCUT2D eigenvalue weighted by atomic mass is 19.4. The Kier molecular flexibility index (Phi) is 5.15. The van der Waals surface area contributed by atoms with Gasteiger partial charge >= 0.3 is 6.18 Å². The van der Waals surface area contributed by atoms with Crippen LogP contribution < -0.4 is 5.32 Å². The molecule has 6 nitrogen and oxygen atoms in total. The van der Waals surface area contributed by atoms with E-state index < -0.39 is 30.2 Å². The number of rotatable bonds is 5. The fourth-order valence-corrected chi connectivity index (χ4v) is 2.62. The molecule has 0 saturated carbocycles. The van der Waals surface area contributed by atoms with E-state index in [4.69, 9.17) is 5.11 Å². The number of aliphatic hydroxyl groups excluding tert-OH is 2. The summed E-state index contributed by atoms with van der Waals surface area (Å²) in [4.78, 5) is 0. The number of halogens is 3. The van der Waals surface area contributed by atoms with Gasteiger partial charge in [-0.3, -0.25) is 0 Å². The summed E-state index contributed by atoms with van der Waals surface area (Å²) in [6.07, 6.45) is -5.55. The smallest absolute Gasteiger partial charge is 0.416 e. The molecule has 0 saturated heterocycles. The van der Waals surface area contributed by atoms with Crippen molar-refractivity contribution in [1.29, 1.82) is 0 Å². The summed E-state index contributed by atoms with van der Waals surface area (Å²) in [5.74, 6) is -0.214. The van der Waals surface area contributed by atoms with Crippen molar-refractivity contribution in [2.45, 2.75) is 12.3 Å². The number of aromatic nitrogens is 2. The number of benzene rings is 2. The van der Waals surface area contributed by atoms with E-state index in [0.29, 0.717) is 22.7 Å². The molecule has 0 amide bonds. The molecule has 9 heteroatoms. The van der Waals surface area contributed by atoms with Gasteiger partial charge in [0, 0.05) is 22.9 Å². The molecule has 0 unspecified atom stereocenters. The van der Waals surface area contributed by atoms with E-state index >= 15 is 0 Å². The van der Waals surface area contributed by atoms with Gasteiger partial charge in [0.2, 0.25) is 0 Å². The summed E-state index contributed by atoms with van der Waals surface area (Å²) in [6.45, 7) is -0.379. The summed E-state index contributed by atoms with van der Waals surface area (Å²) in [5.41, 5.74) is -0.615. The minimum Gasteiger partial charge on any atom is -0.507 e. The van der Waals surface area contributed by atoms with Crippen LogP contribution in [-0.4, -0.2) is 44.8 Å². The van der Waals surface area contributed by atoms with Crippen LogP contribution in [0.4, 0.5) is 19.0 Å². The zero-order valence-corrected chi connectivity index (χ0v) is 13.9. The standard InChI is InChI=1S/C18H16F3N3O3/c19-18(20,21)10-5-6-14(15(27)7-10)16-12-3-1-2-4-13(12)17(24-23-16)22-8-11(26)9-25/h1-7,11,25-27H,8-9H2,(H,22,24)/t11-/m0/s1. The third-order valence-electron chi connectivity index (χ3n) is 3.98. The summed E-state index contributed by atoms with van der Waals surface area (Å²) in [7, 11) is 0. The first-order valence-electron chi connectivity index (χ1n) is 8.00. The molecule has 0 aliphatic rings. The SMILES string of the molecule is OC[C@@H](O)CNc1nnc(-c2ccc(C(F)(F)F)cc2O)c2ccccc12. The Balaban J connectivity index is 2.06. The van der Waals surface area contributed by atoms with Crippen molar-refractivity contribution in [1.82, 2.24) is 10.2 Å². The largest absolute Gasteiger partial charge is 0.507 e.